The minimum atomic E-state index is -0.625. The number of nitrogens with one attached hydrogen (secondary N) is 1. The van der Waals surface area contributed by atoms with Crippen molar-refractivity contribution in [1.29, 1.82) is 0 Å². The van der Waals surface area contributed by atoms with E-state index in [1.165, 1.54) is 7.11 Å². The van der Waals surface area contributed by atoms with Gasteiger partial charge in [0.2, 0.25) is 5.91 Å². The van der Waals surface area contributed by atoms with Gasteiger partial charge in [0.15, 0.2) is 0 Å². The van der Waals surface area contributed by atoms with Gasteiger partial charge in [0.05, 0.1) is 13.2 Å². The molecule has 0 radical (unpaired) electrons. The molecule has 0 unspecified atom stereocenters. The number of benzene rings is 2. The van der Waals surface area contributed by atoms with E-state index in [2.05, 4.69) is 5.32 Å². The van der Waals surface area contributed by atoms with Gasteiger partial charge in [0.25, 0.3) is 0 Å². The highest BCUT2D eigenvalue weighted by atomic mass is 16.5. The molecule has 0 spiro atoms. The lowest BCUT2D eigenvalue weighted by Crippen LogP contribution is -2.53. The third kappa shape index (κ3) is 5.30. The maximum atomic E-state index is 13.3. The van der Waals surface area contributed by atoms with Gasteiger partial charge in [-0.3, -0.25) is 9.79 Å². The Bertz CT molecular complexity index is 1080. The van der Waals surface area contributed by atoms with E-state index in [-0.39, 0.29) is 17.9 Å². The highest BCUT2D eigenvalue weighted by molar-refractivity contribution is 6.03. The Hall–Kier alpha value is -3.61. The van der Waals surface area contributed by atoms with E-state index in [4.69, 9.17) is 14.5 Å². The van der Waals surface area contributed by atoms with Crippen molar-refractivity contribution in [2.24, 2.45) is 10.9 Å². The summed E-state index contributed by atoms with van der Waals surface area (Å²) in [5, 5.41) is 2.69. The maximum absolute atomic E-state index is 13.3. The van der Waals surface area contributed by atoms with Crippen molar-refractivity contribution in [2.75, 3.05) is 13.7 Å². The lowest BCUT2D eigenvalue weighted by Gasteiger charge is -2.31. The van der Waals surface area contributed by atoms with Crippen molar-refractivity contribution in [1.82, 2.24) is 10.2 Å². The molecule has 2 atom stereocenters. The largest absolute Gasteiger partial charge is 0.457 e. The molecule has 2 aliphatic rings. The quantitative estimate of drug-likeness (QED) is 0.627. The number of alkyl carbamates (subject to hydrolysis) is 1. The Morgan fingerprint density at radius 2 is 1.76 bits per heavy atom. The minimum Gasteiger partial charge on any atom is -0.457 e. The second-order valence-electron chi connectivity index (χ2n) is 8.94. The molecule has 4 rings (SSSR count). The topological polar surface area (TPSA) is 80.2 Å². The summed E-state index contributed by atoms with van der Waals surface area (Å²) < 4.78 is 10.6. The van der Waals surface area contributed by atoms with E-state index < -0.39 is 12.1 Å². The molecule has 2 amide bonds. The van der Waals surface area contributed by atoms with Gasteiger partial charge < -0.3 is 19.7 Å². The molecule has 1 N–H and O–H groups in total. The zero-order valence-corrected chi connectivity index (χ0v) is 19.9. The number of rotatable bonds is 7. The van der Waals surface area contributed by atoms with E-state index in [9.17, 15) is 9.59 Å². The van der Waals surface area contributed by atoms with E-state index >= 15 is 0 Å². The summed E-state index contributed by atoms with van der Waals surface area (Å²) in [7, 11) is 1.30. The third-order valence-electron chi connectivity index (χ3n) is 6.27. The molecule has 1 saturated heterocycles. The fraction of sp³-hybridized carbons (Fsp3) is 0.370. The normalized spacial score (nSPS) is 18.4. The molecule has 2 aromatic rings. The first-order valence-electron chi connectivity index (χ1n) is 11.7. The summed E-state index contributed by atoms with van der Waals surface area (Å²) in [5.74, 6) is 1.44. The van der Waals surface area contributed by atoms with E-state index in [0.29, 0.717) is 13.0 Å². The molecule has 7 nitrogen and oxygen atoms in total. The molecular weight excluding hydrogens is 430 g/mol. The molecule has 0 aromatic heterocycles. The Labute approximate surface area is 200 Å². The fourth-order valence-corrected chi connectivity index (χ4v) is 4.44. The van der Waals surface area contributed by atoms with Crippen LogP contribution in [0.3, 0.4) is 0 Å². The summed E-state index contributed by atoms with van der Waals surface area (Å²) in [6, 6.07) is 17.0. The zero-order valence-electron chi connectivity index (χ0n) is 19.9. The van der Waals surface area contributed by atoms with Gasteiger partial charge in [0.1, 0.15) is 17.5 Å². The second kappa shape index (κ2) is 10.5. The van der Waals surface area contributed by atoms with Gasteiger partial charge in [-0.05, 0) is 54.2 Å². The molecule has 0 aliphatic carbocycles. The van der Waals surface area contributed by atoms with Crippen molar-refractivity contribution in [2.45, 2.75) is 45.2 Å². The number of carbonyl (C=O) groups is 2. The molecule has 7 heteroatoms. The lowest BCUT2D eigenvalue weighted by atomic mass is 9.97. The number of methoxy groups -OCH3 is 1. The molecule has 2 aromatic carbocycles. The summed E-state index contributed by atoms with van der Waals surface area (Å²) in [5.41, 5.74) is 3.20. The van der Waals surface area contributed by atoms with Crippen LogP contribution in [0.25, 0.3) is 5.57 Å². The highest BCUT2D eigenvalue weighted by Crippen LogP contribution is 2.32. The van der Waals surface area contributed by atoms with Gasteiger partial charge in [-0.15, -0.1) is 0 Å². The van der Waals surface area contributed by atoms with Crippen LogP contribution >= 0.6 is 0 Å². The predicted octanol–water partition coefficient (Wildman–Crippen LogP) is 5.04. The summed E-state index contributed by atoms with van der Waals surface area (Å²) in [6.45, 7) is 4.50. The second-order valence-corrected chi connectivity index (χ2v) is 8.94. The van der Waals surface area contributed by atoms with Gasteiger partial charge in [-0.25, -0.2) is 4.79 Å². The van der Waals surface area contributed by atoms with Crippen LogP contribution in [0.15, 0.2) is 65.8 Å². The Morgan fingerprint density at radius 3 is 2.44 bits per heavy atom. The predicted molar refractivity (Wildman–Crippen MR) is 132 cm³/mol. The molecule has 2 heterocycles. The van der Waals surface area contributed by atoms with Crippen LogP contribution in [0.5, 0.6) is 11.5 Å². The molecular formula is C27H31N3O4. The van der Waals surface area contributed by atoms with Crippen molar-refractivity contribution < 1.29 is 19.1 Å². The van der Waals surface area contributed by atoms with Crippen LogP contribution < -0.4 is 10.1 Å². The molecule has 0 bridgehead atoms. The zero-order chi connectivity index (χ0) is 24.1. The van der Waals surface area contributed by atoms with Crippen LogP contribution in [0.4, 0.5) is 4.79 Å². The van der Waals surface area contributed by atoms with E-state index in [1.54, 1.807) is 0 Å². The summed E-state index contributed by atoms with van der Waals surface area (Å²) >= 11 is 0. The first kappa shape index (κ1) is 23.5. The van der Waals surface area contributed by atoms with Crippen molar-refractivity contribution >= 4 is 23.3 Å². The molecule has 2 aliphatic heterocycles. The maximum Gasteiger partial charge on any atom is 0.407 e. The number of allylic oxidation sites excluding steroid dienone is 1. The van der Waals surface area contributed by atoms with Crippen molar-refractivity contribution in [3.8, 4) is 11.5 Å². The SMILES string of the molecule is COC(=O)N[C@H](C(=O)N1CCC[C@H]1C1=NC=C(c2ccc(Oc3ccccc3)cc2)C1)C(C)C. The van der Waals surface area contributed by atoms with Gasteiger partial charge >= 0.3 is 6.09 Å². The van der Waals surface area contributed by atoms with Crippen LogP contribution in [0.2, 0.25) is 0 Å². The summed E-state index contributed by atoms with van der Waals surface area (Å²) in [4.78, 5) is 31.6. The average molecular weight is 462 g/mol. The number of para-hydroxylation sites is 1. The Balaban J connectivity index is 1.39. The van der Waals surface area contributed by atoms with Crippen molar-refractivity contribution in [3.63, 3.8) is 0 Å². The average Bonchev–Trinajstić information content (AvgIpc) is 3.53. The molecule has 178 valence electrons. The summed E-state index contributed by atoms with van der Waals surface area (Å²) in [6.07, 6.45) is 3.79. The monoisotopic (exact) mass is 461 g/mol. The standard InChI is InChI=1S/C27H31N3O4/c1-18(2)25(29-27(32)33-3)26(31)30-15-7-10-24(30)23-16-20(17-28-23)19-11-13-22(14-12-19)34-21-8-5-4-6-9-21/h4-6,8-9,11-14,17-18,24-25H,7,10,15-16H2,1-3H3,(H,29,32)/t24-,25-/m0/s1. The fourth-order valence-electron chi connectivity index (χ4n) is 4.44. The number of nitrogens with zero attached hydrogens (tertiary/aromatic N) is 2. The third-order valence-corrected chi connectivity index (χ3v) is 6.27. The van der Waals surface area contributed by atoms with Crippen LogP contribution in [-0.4, -0.2) is 48.4 Å². The van der Waals surface area contributed by atoms with E-state index in [1.807, 2.05) is 79.5 Å². The highest BCUT2D eigenvalue weighted by Gasteiger charge is 2.38. The Kier molecular flexibility index (Phi) is 7.30. The number of amides is 2. The lowest BCUT2D eigenvalue weighted by molar-refractivity contribution is -0.134. The first-order chi connectivity index (χ1) is 16.5. The number of hydrogen-bond donors (Lipinski definition) is 1. The van der Waals surface area contributed by atoms with Crippen molar-refractivity contribution in [3.05, 3.63) is 66.4 Å². The number of carbonyl (C=O) groups excluding carboxylic acids is 2. The Morgan fingerprint density at radius 1 is 1.06 bits per heavy atom. The molecule has 34 heavy (non-hydrogen) atoms. The number of aliphatic imine (C=N–C) groups is 1. The molecule has 1 fully saturated rings. The number of hydrogen-bond acceptors (Lipinski definition) is 5. The number of ether oxygens (including phenoxy) is 2. The van der Waals surface area contributed by atoms with Gasteiger partial charge in [-0.1, -0.05) is 44.2 Å². The van der Waals surface area contributed by atoms with Crippen LogP contribution in [0, 0.1) is 5.92 Å². The van der Waals surface area contributed by atoms with Crippen LogP contribution in [0.1, 0.15) is 38.7 Å². The smallest absolute Gasteiger partial charge is 0.407 e. The minimum absolute atomic E-state index is 0.0522. The van der Waals surface area contributed by atoms with Gasteiger partial charge in [-0.2, -0.15) is 0 Å². The molecule has 0 saturated carbocycles. The number of likely N-dealkylation sites (tertiary alicyclic amines) is 1. The van der Waals surface area contributed by atoms with Crippen LogP contribution in [-0.2, 0) is 9.53 Å². The van der Waals surface area contributed by atoms with Gasteiger partial charge in [0, 0.05) is 24.9 Å². The first-order valence-corrected chi connectivity index (χ1v) is 11.7. The van der Waals surface area contributed by atoms with E-state index in [0.717, 1.165) is 41.2 Å².